The third kappa shape index (κ3) is 29.3. The number of hydrogen-bond acceptors (Lipinski definition) is 9. The fourth-order valence-corrected chi connectivity index (χ4v) is 2.41. The number of carboxylic acid groups (broad SMARTS) is 3. The van der Waals surface area contributed by atoms with E-state index in [0.717, 1.165) is 0 Å². The number of hydrogen-bond donors (Lipinski definition) is 0. The van der Waals surface area contributed by atoms with Crippen molar-refractivity contribution in [2.24, 2.45) is 16.2 Å². The van der Waals surface area contributed by atoms with Crippen molar-refractivity contribution in [1.29, 1.82) is 0 Å². The average molecular weight is 567 g/mol. The van der Waals surface area contributed by atoms with Crippen LogP contribution >= 0.6 is 0 Å². The normalized spacial score (nSPS) is 10.5. The van der Waals surface area contributed by atoms with Crippen LogP contribution in [0.2, 0.25) is 0 Å². The smallest absolute Gasteiger partial charge is 0.550 e. The van der Waals surface area contributed by atoms with E-state index in [0.29, 0.717) is 0 Å². The molecule has 0 atom stereocenters. The van der Waals surface area contributed by atoms with Gasteiger partial charge in [-0.2, -0.15) is 0 Å². The summed E-state index contributed by atoms with van der Waals surface area (Å²) < 4.78 is 0. The van der Waals surface area contributed by atoms with Gasteiger partial charge in [-0.1, -0.05) is 59.8 Å². The Morgan fingerprint density at radius 3 is 0.784 bits per heavy atom. The quantitative estimate of drug-likeness (QED) is 0.206. The van der Waals surface area contributed by atoms with Gasteiger partial charge < -0.3 is 29.7 Å². The number of carboxylic acids is 3. The first kappa shape index (κ1) is 41.3. The molecular weight excluding hydrogens is 527 g/mol. The first-order valence-corrected chi connectivity index (χ1v) is 11.2. The minimum atomic E-state index is -1.32. The van der Waals surface area contributed by atoms with Crippen LogP contribution in [0.4, 0.5) is 0 Å². The van der Waals surface area contributed by atoms with E-state index in [1.54, 1.807) is 18.2 Å². The van der Waals surface area contributed by atoms with Gasteiger partial charge in [0.25, 0.3) is 0 Å². The summed E-state index contributed by atoms with van der Waals surface area (Å²) in [7, 11) is 0. The molecule has 0 N–H and O–H groups in total. The topological polar surface area (TPSA) is 172 Å². The molecule has 0 heterocycles. The summed E-state index contributed by atoms with van der Waals surface area (Å²) in [5.41, 5.74) is -0.981. The van der Waals surface area contributed by atoms with Gasteiger partial charge in [-0.15, -0.1) is 19.7 Å². The molecule has 10 heteroatoms. The summed E-state index contributed by atoms with van der Waals surface area (Å²) in [6.45, 7) is 21.6. The van der Waals surface area contributed by atoms with Gasteiger partial charge in [0, 0.05) is 56.4 Å². The van der Waals surface area contributed by atoms with Crippen LogP contribution in [0.25, 0.3) is 0 Å². The van der Waals surface area contributed by atoms with Crippen LogP contribution in [-0.4, -0.2) is 35.3 Å². The van der Waals surface area contributed by atoms with Crippen molar-refractivity contribution in [1.82, 2.24) is 0 Å². The maximum absolute atomic E-state index is 11.0. The van der Waals surface area contributed by atoms with Gasteiger partial charge in [-0.05, 0) is 16.2 Å². The summed E-state index contributed by atoms with van der Waals surface area (Å²) in [4.78, 5) is 63.0. The van der Waals surface area contributed by atoms with Crippen LogP contribution in [-0.2, 0) is 45.5 Å². The molecule has 0 bridgehead atoms. The molecule has 0 spiro atoms. The van der Waals surface area contributed by atoms with E-state index in [4.69, 9.17) is 0 Å². The van der Waals surface area contributed by atoms with Crippen LogP contribution in [0.1, 0.15) is 80.1 Å². The Labute approximate surface area is 230 Å². The Kier molecular flexibility index (Phi) is 21.5. The maximum Gasteiger partial charge on any atom is 3.00 e. The molecule has 0 saturated carbocycles. The number of ketones is 3. The van der Waals surface area contributed by atoms with Gasteiger partial charge in [0.05, 0.1) is 0 Å². The average Bonchev–Trinajstić information content (AvgIpc) is 2.65. The van der Waals surface area contributed by atoms with E-state index in [1.807, 2.05) is 41.5 Å². The monoisotopic (exact) mass is 566 g/mol. The molecule has 0 amide bonds. The van der Waals surface area contributed by atoms with E-state index in [9.17, 15) is 44.1 Å². The molecule has 0 aromatic rings. The van der Waals surface area contributed by atoms with Gasteiger partial charge in [-0.3, -0.25) is 14.4 Å². The van der Waals surface area contributed by atoms with Gasteiger partial charge in [0.1, 0.15) is 17.3 Å². The maximum atomic E-state index is 11.0. The van der Waals surface area contributed by atoms with Gasteiger partial charge in [0.15, 0.2) is 0 Å². The predicted octanol–water partition coefficient (Wildman–Crippen LogP) is 0.891. The number of allylic oxidation sites excluding steroid dienone is 3. The Balaban J connectivity index is -0.000000218. The molecule has 0 saturated heterocycles. The van der Waals surface area contributed by atoms with Gasteiger partial charge in [0.2, 0.25) is 0 Å². The van der Waals surface area contributed by atoms with Crippen molar-refractivity contribution in [3.63, 3.8) is 0 Å². The zero-order valence-electron chi connectivity index (χ0n) is 22.6. The van der Waals surface area contributed by atoms with Crippen LogP contribution in [0.5, 0.6) is 0 Å². The van der Waals surface area contributed by atoms with E-state index in [1.165, 1.54) is 0 Å². The van der Waals surface area contributed by atoms with Crippen molar-refractivity contribution < 1.29 is 60.9 Å². The second-order valence-electron chi connectivity index (χ2n) is 10.4. The summed E-state index contributed by atoms with van der Waals surface area (Å²) in [5, 5.41) is 30.1. The van der Waals surface area contributed by atoms with Crippen molar-refractivity contribution in [2.45, 2.75) is 80.1 Å². The molecule has 0 aliphatic rings. The zero-order chi connectivity index (χ0) is 29.3. The van der Waals surface area contributed by atoms with E-state index >= 15 is 0 Å². The van der Waals surface area contributed by atoms with Crippen LogP contribution < -0.4 is 15.3 Å². The summed E-state index contributed by atoms with van der Waals surface area (Å²) in [5.74, 6) is -4.92. The van der Waals surface area contributed by atoms with Gasteiger partial charge in [-0.25, -0.2) is 0 Å². The molecule has 9 nitrogen and oxygen atoms in total. The molecule has 210 valence electrons. The molecule has 0 unspecified atom stereocenters. The van der Waals surface area contributed by atoms with Crippen LogP contribution in [0.15, 0.2) is 38.0 Å². The Morgan fingerprint density at radius 1 is 0.514 bits per heavy atom. The van der Waals surface area contributed by atoms with Gasteiger partial charge >= 0.3 is 16.8 Å². The van der Waals surface area contributed by atoms with E-state index < -0.39 is 37.2 Å². The molecule has 0 aliphatic carbocycles. The predicted molar refractivity (Wildman–Crippen MR) is 130 cm³/mol. The largest absolute Gasteiger partial charge is 3.00 e. The zero-order valence-corrected chi connectivity index (χ0v) is 23.6. The third-order valence-corrected chi connectivity index (χ3v) is 4.64. The summed E-state index contributed by atoms with van der Waals surface area (Å²) in [6.07, 6.45) is 4.01. The van der Waals surface area contributed by atoms with E-state index in [2.05, 4.69) is 19.7 Å². The molecule has 0 radical (unpaired) electrons. The fraction of sp³-hybridized carbons (Fsp3) is 0.556. The number of Topliss-reactive ketones (excluding diaryl/α,β-unsaturated/α-hetero) is 3. The number of aliphatic carboxylic acids is 3. The van der Waals surface area contributed by atoms with Crippen LogP contribution in [0, 0.1) is 16.2 Å². The molecule has 37 heavy (non-hydrogen) atoms. The minimum absolute atomic E-state index is 0. The second-order valence-corrected chi connectivity index (χ2v) is 10.4. The fourth-order valence-electron chi connectivity index (χ4n) is 2.41. The molecule has 0 aliphatic heterocycles. The van der Waals surface area contributed by atoms with Crippen molar-refractivity contribution in [3.05, 3.63) is 38.0 Å². The first-order valence-electron chi connectivity index (χ1n) is 11.2. The van der Waals surface area contributed by atoms with Crippen LogP contribution in [0.3, 0.4) is 0 Å². The Morgan fingerprint density at radius 2 is 0.676 bits per heavy atom. The number of carbonyl (C=O) groups excluding carboxylic acids is 6. The third-order valence-electron chi connectivity index (χ3n) is 4.64. The molecule has 0 aromatic carbocycles. The summed E-state index contributed by atoms with van der Waals surface area (Å²) in [6, 6.07) is 0. The van der Waals surface area contributed by atoms with Crippen molar-refractivity contribution in [3.8, 4) is 0 Å². The van der Waals surface area contributed by atoms with Crippen molar-refractivity contribution in [2.75, 3.05) is 0 Å². The molecule has 0 fully saturated rings. The van der Waals surface area contributed by atoms with Crippen molar-refractivity contribution >= 4 is 35.3 Å². The molecule has 0 rings (SSSR count). The Hall–Kier alpha value is -2.85. The number of carbonyl (C=O) groups is 6. The summed E-state index contributed by atoms with van der Waals surface area (Å²) >= 11 is 0. The Bertz CT molecular complexity index is 727. The first-order chi connectivity index (χ1) is 16.1. The minimum Gasteiger partial charge on any atom is -0.550 e. The molecule has 0 aromatic heterocycles. The number of rotatable bonds is 15. The second kappa shape index (κ2) is 19.3. The standard InChI is InChI=1S/3C9H14O3.Co/c3*1-4-9(2,3)6-7(10)5-8(11)12;/h3*4H,1,5-6H2,2-3H3,(H,11,12);/q;;;+3/p-3. The van der Waals surface area contributed by atoms with E-state index in [-0.39, 0.29) is 69.6 Å². The molecular formula is C27H39CoO9. The SMILES string of the molecule is C=CC(C)(C)CC(=O)CC(=O)[O-].C=CC(C)(C)CC(=O)CC(=O)[O-].C=CC(C)(C)CC(=O)CC(=O)[O-].[Co+3].